The van der Waals surface area contributed by atoms with Crippen LogP contribution in [0.1, 0.15) is 22.8 Å². The summed E-state index contributed by atoms with van der Waals surface area (Å²) in [5.74, 6) is -1.89. The van der Waals surface area contributed by atoms with Crippen LogP contribution in [0.3, 0.4) is 0 Å². The minimum Gasteiger partial charge on any atom is -0.490 e. The number of ether oxygens (including phenoxy) is 1. The monoisotopic (exact) mass is 290 g/mol. The van der Waals surface area contributed by atoms with Gasteiger partial charge in [-0.25, -0.2) is 9.18 Å². The quantitative estimate of drug-likeness (QED) is 0.888. The van der Waals surface area contributed by atoms with Gasteiger partial charge in [0.15, 0.2) is 0 Å². The van der Waals surface area contributed by atoms with Crippen molar-refractivity contribution >= 4 is 5.97 Å². The normalized spacial score (nSPS) is 13.5. The summed E-state index contributed by atoms with van der Waals surface area (Å²) in [6.45, 7) is 1.44. The Kier molecular flexibility index (Phi) is 4.23. The van der Waals surface area contributed by atoms with E-state index >= 15 is 0 Å². The summed E-state index contributed by atoms with van der Waals surface area (Å²) >= 11 is 0. The van der Waals surface area contributed by atoms with E-state index in [9.17, 15) is 14.3 Å². The van der Waals surface area contributed by atoms with Gasteiger partial charge in [0.2, 0.25) is 0 Å². The molecule has 0 aliphatic carbocycles. The van der Waals surface area contributed by atoms with Gasteiger partial charge < -0.3 is 14.9 Å². The molecule has 1 unspecified atom stereocenters. The van der Waals surface area contributed by atoms with Crippen LogP contribution in [0.15, 0.2) is 48.5 Å². The van der Waals surface area contributed by atoms with Crippen molar-refractivity contribution in [3.8, 4) is 5.75 Å². The first-order chi connectivity index (χ1) is 9.88. The molecule has 2 aromatic rings. The van der Waals surface area contributed by atoms with Gasteiger partial charge >= 0.3 is 5.97 Å². The molecule has 0 saturated heterocycles. The zero-order valence-corrected chi connectivity index (χ0v) is 11.4. The maximum atomic E-state index is 13.3. The smallest absolute Gasteiger partial charge is 0.335 e. The Balaban J connectivity index is 2.14. The van der Waals surface area contributed by atoms with Crippen LogP contribution in [0.5, 0.6) is 5.75 Å². The van der Waals surface area contributed by atoms with Crippen molar-refractivity contribution in [3.05, 3.63) is 65.5 Å². The van der Waals surface area contributed by atoms with E-state index < -0.39 is 17.4 Å². The van der Waals surface area contributed by atoms with Gasteiger partial charge in [-0.2, -0.15) is 0 Å². The molecule has 0 aliphatic rings. The van der Waals surface area contributed by atoms with Gasteiger partial charge in [-0.3, -0.25) is 0 Å². The molecule has 0 spiro atoms. The Labute approximate surface area is 121 Å². The van der Waals surface area contributed by atoms with E-state index in [-0.39, 0.29) is 17.9 Å². The van der Waals surface area contributed by atoms with Crippen LogP contribution < -0.4 is 4.74 Å². The average molecular weight is 290 g/mol. The fourth-order valence-corrected chi connectivity index (χ4v) is 1.87. The van der Waals surface area contributed by atoms with Gasteiger partial charge in [-0.1, -0.05) is 30.3 Å². The van der Waals surface area contributed by atoms with Crippen molar-refractivity contribution in [2.45, 2.75) is 12.5 Å². The maximum absolute atomic E-state index is 13.3. The fraction of sp³-hybridized carbons (Fsp3) is 0.188. The second kappa shape index (κ2) is 5.93. The molecule has 21 heavy (non-hydrogen) atoms. The van der Waals surface area contributed by atoms with E-state index in [0.29, 0.717) is 5.56 Å². The summed E-state index contributed by atoms with van der Waals surface area (Å²) in [7, 11) is 0. The average Bonchev–Trinajstić information content (AvgIpc) is 2.45. The molecular weight excluding hydrogens is 275 g/mol. The number of rotatable bonds is 5. The molecule has 1 atom stereocenters. The number of carboxylic acid groups (broad SMARTS) is 1. The molecule has 5 heteroatoms. The number of aromatic carboxylic acids is 1. The number of hydrogen-bond donors (Lipinski definition) is 2. The van der Waals surface area contributed by atoms with Crippen LogP contribution in [-0.2, 0) is 5.60 Å². The van der Waals surface area contributed by atoms with Gasteiger partial charge in [-0.15, -0.1) is 0 Å². The van der Waals surface area contributed by atoms with Gasteiger partial charge in [0, 0.05) is 6.07 Å². The SMILES string of the molecule is CC(O)(COc1cc(F)cc(C(=O)O)c1)c1ccccc1. The third-order valence-electron chi connectivity index (χ3n) is 3.03. The van der Waals surface area contributed by atoms with Gasteiger partial charge in [0.1, 0.15) is 23.8 Å². The summed E-state index contributed by atoms with van der Waals surface area (Å²) in [4.78, 5) is 10.9. The number of benzene rings is 2. The molecule has 0 radical (unpaired) electrons. The molecule has 2 rings (SSSR count). The van der Waals surface area contributed by atoms with E-state index in [0.717, 1.165) is 12.1 Å². The first kappa shape index (κ1) is 15.0. The molecule has 0 bridgehead atoms. The van der Waals surface area contributed by atoms with E-state index in [4.69, 9.17) is 9.84 Å². The van der Waals surface area contributed by atoms with E-state index in [1.54, 1.807) is 31.2 Å². The topological polar surface area (TPSA) is 66.8 Å². The van der Waals surface area contributed by atoms with Crippen LogP contribution in [-0.4, -0.2) is 22.8 Å². The largest absolute Gasteiger partial charge is 0.490 e. The number of hydrogen-bond acceptors (Lipinski definition) is 3. The Bertz CT molecular complexity index is 638. The van der Waals surface area contributed by atoms with Gasteiger partial charge in [0.25, 0.3) is 0 Å². The highest BCUT2D eigenvalue weighted by atomic mass is 19.1. The summed E-state index contributed by atoms with van der Waals surface area (Å²) in [5, 5.41) is 19.2. The molecule has 0 amide bonds. The lowest BCUT2D eigenvalue weighted by atomic mass is 9.97. The Morgan fingerprint density at radius 2 is 1.90 bits per heavy atom. The van der Waals surface area contributed by atoms with Gasteiger partial charge in [0.05, 0.1) is 5.56 Å². The number of halogens is 1. The predicted octanol–water partition coefficient (Wildman–Crippen LogP) is 2.81. The first-order valence-corrected chi connectivity index (χ1v) is 6.33. The zero-order valence-electron chi connectivity index (χ0n) is 11.4. The maximum Gasteiger partial charge on any atom is 0.335 e. The summed E-state index contributed by atoms with van der Waals surface area (Å²) in [6.07, 6.45) is 0. The molecule has 2 aromatic carbocycles. The first-order valence-electron chi connectivity index (χ1n) is 6.33. The van der Waals surface area contributed by atoms with Crippen molar-refractivity contribution in [1.82, 2.24) is 0 Å². The number of carboxylic acids is 1. The Morgan fingerprint density at radius 3 is 2.52 bits per heavy atom. The van der Waals surface area contributed by atoms with Crippen LogP contribution >= 0.6 is 0 Å². The van der Waals surface area contributed by atoms with Crippen molar-refractivity contribution in [3.63, 3.8) is 0 Å². The van der Waals surface area contributed by atoms with Crippen molar-refractivity contribution in [2.24, 2.45) is 0 Å². The molecule has 2 N–H and O–H groups in total. The fourth-order valence-electron chi connectivity index (χ4n) is 1.87. The van der Waals surface area contributed by atoms with Crippen molar-refractivity contribution < 1.29 is 24.1 Å². The zero-order chi connectivity index (χ0) is 15.5. The van der Waals surface area contributed by atoms with Crippen molar-refractivity contribution in [2.75, 3.05) is 6.61 Å². The molecule has 110 valence electrons. The lowest BCUT2D eigenvalue weighted by Crippen LogP contribution is -2.29. The van der Waals surface area contributed by atoms with Crippen LogP contribution in [0.4, 0.5) is 4.39 Å². The molecule has 4 nitrogen and oxygen atoms in total. The standard InChI is InChI=1S/C16H15FO4/c1-16(20,12-5-3-2-4-6-12)10-21-14-8-11(15(18)19)7-13(17)9-14/h2-9,20H,10H2,1H3,(H,18,19). The van der Waals surface area contributed by atoms with E-state index in [1.165, 1.54) is 6.07 Å². The highest BCUT2D eigenvalue weighted by Crippen LogP contribution is 2.23. The van der Waals surface area contributed by atoms with Crippen molar-refractivity contribution in [1.29, 1.82) is 0 Å². The second-order valence-electron chi connectivity index (χ2n) is 4.91. The molecule has 0 heterocycles. The lowest BCUT2D eigenvalue weighted by molar-refractivity contribution is 0.00748. The third kappa shape index (κ3) is 3.79. The Hall–Kier alpha value is -2.40. The third-order valence-corrected chi connectivity index (χ3v) is 3.03. The van der Waals surface area contributed by atoms with E-state index in [1.807, 2.05) is 6.07 Å². The van der Waals surface area contributed by atoms with Gasteiger partial charge in [-0.05, 0) is 24.6 Å². The lowest BCUT2D eigenvalue weighted by Gasteiger charge is -2.24. The minimum atomic E-state index is -1.27. The summed E-state index contributed by atoms with van der Waals surface area (Å²) in [6, 6.07) is 12.1. The highest BCUT2D eigenvalue weighted by Gasteiger charge is 2.24. The minimum absolute atomic E-state index is 0.0589. The molecule has 0 fully saturated rings. The number of aliphatic hydroxyl groups is 1. The summed E-state index contributed by atoms with van der Waals surface area (Å²) in [5.41, 5.74) is -0.819. The molecule has 0 aromatic heterocycles. The predicted molar refractivity (Wildman–Crippen MR) is 74.9 cm³/mol. The summed E-state index contributed by atoms with van der Waals surface area (Å²) < 4.78 is 18.7. The Morgan fingerprint density at radius 1 is 1.24 bits per heavy atom. The number of carbonyl (C=O) groups is 1. The van der Waals surface area contributed by atoms with Crippen LogP contribution in [0.2, 0.25) is 0 Å². The highest BCUT2D eigenvalue weighted by molar-refractivity contribution is 5.88. The molecule has 0 saturated carbocycles. The van der Waals surface area contributed by atoms with Crippen LogP contribution in [0, 0.1) is 5.82 Å². The molecular formula is C16H15FO4. The van der Waals surface area contributed by atoms with E-state index in [2.05, 4.69) is 0 Å². The van der Waals surface area contributed by atoms with Crippen LogP contribution in [0.25, 0.3) is 0 Å². The second-order valence-corrected chi connectivity index (χ2v) is 4.91. The molecule has 0 aliphatic heterocycles.